The molecule has 1 atom stereocenters. The molecule has 1 saturated carbocycles. The molecule has 0 aliphatic heterocycles. The number of hydrogen-bond acceptors (Lipinski definition) is 4. The van der Waals surface area contributed by atoms with Gasteiger partial charge < -0.3 is 15.2 Å². The molecule has 0 spiro atoms. The highest BCUT2D eigenvalue weighted by molar-refractivity contribution is 5.86. The second-order valence-corrected chi connectivity index (χ2v) is 7.31. The zero-order chi connectivity index (χ0) is 18.4. The van der Waals surface area contributed by atoms with E-state index in [1.165, 1.54) is 7.11 Å². The number of carbonyl (C=O) groups excluding carboxylic acids is 2. The van der Waals surface area contributed by atoms with Crippen molar-refractivity contribution in [1.29, 1.82) is 0 Å². The van der Waals surface area contributed by atoms with Gasteiger partial charge in [0.15, 0.2) is 0 Å². The summed E-state index contributed by atoms with van der Waals surface area (Å²) in [6.07, 6.45) is 4.23. The van der Waals surface area contributed by atoms with E-state index < -0.39 is 12.0 Å². The van der Waals surface area contributed by atoms with Gasteiger partial charge in [-0.15, -0.1) is 0 Å². The lowest BCUT2D eigenvalue weighted by atomic mass is 9.76. The first-order valence-electron chi connectivity index (χ1n) is 9.06. The first kappa shape index (κ1) is 19.3. The fourth-order valence-electron chi connectivity index (χ4n) is 3.54. The molecule has 0 bridgehead atoms. The Balaban J connectivity index is 1.96. The Labute approximate surface area is 149 Å². The van der Waals surface area contributed by atoms with Gasteiger partial charge in [-0.05, 0) is 55.2 Å². The molecule has 1 aliphatic rings. The zero-order valence-electron chi connectivity index (χ0n) is 15.3. The van der Waals surface area contributed by atoms with E-state index in [2.05, 4.69) is 19.2 Å². The fourth-order valence-corrected chi connectivity index (χ4v) is 3.54. The molecule has 1 aliphatic carbocycles. The summed E-state index contributed by atoms with van der Waals surface area (Å²) in [6, 6.07) is 5.92. The van der Waals surface area contributed by atoms with Crippen molar-refractivity contribution >= 4 is 11.9 Å². The van der Waals surface area contributed by atoms with E-state index in [9.17, 15) is 14.7 Å². The minimum atomic E-state index is -0.704. The standard InChI is InChI=1S/C20H29NO4/c1-13(2)15-6-8-16(9-7-15)19(23)21-18(20(24)25-3)12-14-4-10-17(22)11-5-14/h4-5,10-11,13,15-16,18,22H,6-9,12H2,1-3H3,(H,21,23)/t15?,16?,18-/m1/s1. The number of phenols is 1. The fraction of sp³-hybridized carbons (Fsp3) is 0.600. The van der Waals surface area contributed by atoms with Crippen molar-refractivity contribution in [2.24, 2.45) is 17.8 Å². The minimum Gasteiger partial charge on any atom is -0.508 e. The molecule has 1 aromatic rings. The Bertz CT molecular complexity index is 574. The van der Waals surface area contributed by atoms with Crippen LogP contribution >= 0.6 is 0 Å². The van der Waals surface area contributed by atoms with E-state index >= 15 is 0 Å². The maximum absolute atomic E-state index is 12.6. The SMILES string of the molecule is COC(=O)[C@@H](Cc1ccc(O)cc1)NC(=O)C1CCC(C(C)C)CC1. The molecule has 0 aromatic heterocycles. The Kier molecular flexibility index (Phi) is 6.85. The summed E-state index contributed by atoms with van der Waals surface area (Å²) in [4.78, 5) is 24.6. The van der Waals surface area contributed by atoms with Crippen LogP contribution in [0.2, 0.25) is 0 Å². The largest absolute Gasteiger partial charge is 0.508 e. The van der Waals surface area contributed by atoms with Crippen molar-refractivity contribution in [1.82, 2.24) is 5.32 Å². The molecule has 138 valence electrons. The average Bonchev–Trinajstić information content (AvgIpc) is 2.62. The molecule has 25 heavy (non-hydrogen) atoms. The highest BCUT2D eigenvalue weighted by Gasteiger charge is 2.30. The number of hydrogen-bond donors (Lipinski definition) is 2. The highest BCUT2D eigenvalue weighted by Crippen LogP contribution is 2.33. The summed E-state index contributed by atoms with van der Waals surface area (Å²) >= 11 is 0. The molecule has 0 radical (unpaired) electrons. The summed E-state index contributed by atoms with van der Waals surface area (Å²) in [5.41, 5.74) is 0.858. The van der Waals surface area contributed by atoms with E-state index in [4.69, 9.17) is 4.74 Å². The first-order valence-corrected chi connectivity index (χ1v) is 9.06. The van der Waals surface area contributed by atoms with Gasteiger partial charge >= 0.3 is 5.97 Å². The monoisotopic (exact) mass is 347 g/mol. The smallest absolute Gasteiger partial charge is 0.328 e. The number of phenolic OH excluding ortho intramolecular Hbond substituents is 1. The number of nitrogens with one attached hydrogen (secondary N) is 1. The number of amides is 1. The predicted molar refractivity (Wildman–Crippen MR) is 96.0 cm³/mol. The van der Waals surface area contributed by atoms with Crippen LogP contribution in [0.5, 0.6) is 5.75 Å². The molecule has 5 nitrogen and oxygen atoms in total. The quantitative estimate of drug-likeness (QED) is 0.776. The van der Waals surface area contributed by atoms with Crippen LogP contribution in [0.15, 0.2) is 24.3 Å². The van der Waals surface area contributed by atoms with Gasteiger partial charge in [-0.3, -0.25) is 4.79 Å². The van der Waals surface area contributed by atoms with Crippen LogP contribution in [-0.4, -0.2) is 30.1 Å². The minimum absolute atomic E-state index is 0.0260. The summed E-state index contributed by atoms with van der Waals surface area (Å²) in [6.45, 7) is 4.46. The van der Waals surface area contributed by atoms with Gasteiger partial charge in [0.2, 0.25) is 5.91 Å². The van der Waals surface area contributed by atoms with Crippen molar-refractivity contribution in [3.05, 3.63) is 29.8 Å². The van der Waals surface area contributed by atoms with Crippen LogP contribution < -0.4 is 5.32 Å². The van der Waals surface area contributed by atoms with E-state index in [0.717, 1.165) is 31.2 Å². The average molecular weight is 347 g/mol. The lowest BCUT2D eigenvalue weighted by Crippen LogP contribution is -2.46. The Morgan fingerprint density at radius 2 is 1.76 bits per heavy atom. The number of carbonyl (C=O) groups is 2. The molecule has 1 amide bonds. The van der Waals surface area contributed by atoms with E-state index in [1.54, 1.807) is 24.3 Å². The van der Waals surface area contributed by atoms with E-state index in [1.807, 2.05) is 0 Å². The van der Waals surface area contributed by atoms with Crippen LogP contribution in [-0.2, 0) is 20.7 Å². The van der Waals surface area contributed by atoms with Crippen LogP contribution in [0, 0.1) is 17.8 Å². The maximum atomic E-state index is 12.6. The zero-order valence-corrected chi connectivity index (χ0v) is 15.3. The lowest BCUT2D eigenvalue weighted by Gasteiger charge is -2.31. The first-order chi connectivity index (χ1) is 11.9. The van der Waals surface area contributed by atoms with Gasteiger partial charge in [0, 0.05) is 12.3 Å². The maximum Gasteiger partial charge on any atom is 0.328 e. The van der Waals surface area contributed by atoms with Gasteiger partial charge in [0.1, 0.15) is 11.8 Å². The van der Waals surface area contributed by atoms with E-state index in [0.29, 0.717) is 18.3 Å². The third-order valence-corrected chi connectivity index (χ3v) is 5.26. The number of ether oxygens (including phenoxy) is 1. The molecular weight excluding hydrogens is 318 g/mol. The van der Waals surface area contributed by atoms with Crippen LogP contribution in [0.25, 0.3) is 0 Å². The Morgan fingerprint density at radius 3 is 2.28 bits per heavy atom. The number of aromatic hydroxyl groups is 1. The van der Waals surface area contributed by atoms with E-state index in [-0.39, 0.29) is 17.6 Å². The summed E-state index contributed by atoms with van der Waals surface area (Å²) in [7, 11) is 1.33. The van der Waals surface area contributed by atoms with Crippen molar-refractivity contribution in [3.8, 4) is 5.75 Å². The number of rotatable bonds is 6. The Morgan fingerprint density at radius 1 is 1.16 bits per heavy atom. The summed E-state index contributed by atoms with van der Waals surface area (Å²) in [5.74, 6) is 0.985. The number of methoxy groups -OCH3 is 1. The van der Waals surface area contributed by atoms with Gasteiger partial charge in [0.05, 0.1) is 7.11 Å². The van der Waals surface area contributed by atoms with Crippen molar-refractivity contribution in [2.45, 2.75) is 52.0 Å². The van der Waals surface area contributed by atoms with Crippen molar-refractivity contribution < 1.29 is 19.4 Å². The van der Waals surface area contributed by atoms with Crippen molar-refractivity contribution in [2.75, 3.05) is 7.11 Å². The molecule has 0 unspecified atom stereocenters. The molecule has 2 N–H and O–H groups in total. The summed E-state index contributed by atoms with van der Waals surface area (Å²) < 4.78 is 4.84. The van der Waals surface area contributed by atoms with Gasteiger partial charge in [-0.25, -0.2) is 4.79 Å². The molecule has 2 rings (SSSR count). The third-order valence-electron chi connectivity index (χ3n) is 5.26. The molecule has 1 aromatic carbocycles. The van der Waals surface area contributed by atoms with Gasteiger partial charge in [-0.2, -0.15) is 0 Å². The highest BCUT2D eigenvalue weighted by atomic mass is 16.5. The lowest BCUT2D eigenvalue weighted by molar-refractivity contribution is -0.145. The second kappa shape index (κ2) is 8.88. The molecular formula is C20H29NO4. The van der Waals surface area contributed by atoms with Crippen LogP contribution in [0.3, 0.4) is 0 Å². The van der Waals surface area contributed by atoms with Crippen LogP contribution in [0.1, 0.15) is 45.1 Å². The second-order valence-electron chi connectivity index (χ2n) is 7.31. The number of benzene rings is 1. The number of esters is 1. The third kappa shape index (κ3) is 5.48. The van der Waals surface area contributed by atoms with Crippen molar-refractivity contribution in [3.63, 3.8) is 0 Å². The van der Waals surface area contributed by atoms with Gasteiger partial charge in [0.25, 0.3) is 0 Å². The molecule has 0 heterocycles. The molecule has 5 heteroatoms. The van der Waals surface area contributed by atoms with Crippen LogP contribution in [0.4, 0.5) is 0 Å². The topological polar surface area (TPSA) is 75.6 Å². The molecule has 0 saturated heterocycles. The Hall–Kier alpha value is -2.04. The molecule has 1 fully saturated rings. The summed E-state index contributed by atoms with van der Waals surface area (Å²) in [5, 5.41) is 12.2. The van der Waals surface area contributed by atoms with Gasteiger partial charge in [-0.1, -0.05) is 26.0 Å². The normalized spacial score (nSPS) is 21.6. The predicted octanol–water partition coefficient (Wildman–Crippen LogP) is 3.05.